The molecule has 0 aliphatic carbocycles. The van der Waals surface area contributed by atoms with E-state index >= 15 is 0 Å². The van der Waals surface area contributed by atoms with Crippen LogP contribution in [-0.4, -0.2) is 51.2 Å². The van der Waals surface area contributed by atoms with Crippen LogP contribution in [0.15, 0.2) is 36.9 Å². The number of pyridine rings is 1. The number of benzene rings is 1. The molecule has 0 unspecified atom stereocenters. The number of imidazole rings is 1. The molecule has 1 aromatic carbocycles. The number of urea groups is 1. The maximum absolute atomic E-state index is 11.3. The minimum atomic E-state index is -0.277. The largest absolute Gasteiger partial charge is 0.475 e. The van der Waals surface area contributed by atoms with Crippen molar-refractivity contribution in [2.45, 2.75) is 13.0 Å². The summed E-state index contributed by atoms with van der Waals surface area (Å²) in [5.41, 5.74) is 2.04. The average Bonchev–Trinajstić information content (AvgIpc) is 3.26. The zero-order valence-electron chi connectivity index (χ0n) is 16.9. The van der Waals surface area contributed by atoms with Crippen LogP contribution in [0.5, 0.6) is 5.88 Å². The van der Waals surface area contributed by atoms with Gasteiger partial charge < -0.3 is 25.7 Å². The molecule has 0 fully saturated rings. The molecular formula is C20H21ClN8O2. The number of carbonyl (C=O) groups is 1. The molecule has 0 bridgehead atoms. The fourth-order valence-corrected chi connectivity index (χ4v) is 3.39. The number of carbonyl (C=O) groups excluding carboxylic acids is 1. The third-order valence-electron chi connectivity index (χ3n) is 4.66. The summed E-state index contributed by atoms with van der Waals surface area (Å²) in [6.45, 7) is 2.53. The SMILES string of the molecule is CNC(=O)NCCOc1nc([C@H](C)Nc2ncnc3[nH]cnc23)cc2cccc(Cl)c12. The first-order valence-electron chi connectivity index (χ1n) is 9.65. The summed E-state index contributed by atoms with van der Waals surface area (Å²) in [4.78, 5) is 31.7. The number of nitrogens with one attached hydrogen (secondary N) is 4. The van der Waals surface area contributed by atoms with E-state index < -0.39 is 0 Å². The molecule has 10 nitrogen and oxygen atoms in total. The van der Waals surface area contributed by atoms with Gasteiger partial charge in [-0.2, -0.15) is 0 Å². The van der Waals surface area contributed by atoms with Gasteiger partial charge in [0.2, 0.25) is 5.88 Å². The summed E-state index contributed by atoms with van der Waals surface area (Å²) in [6, 6.07) is 7.09. The van der Waals surface area contributed by atoms with Crippen LogP contribution in [0.25, 0.3) is 21.9 Å². The normalized spacial score (nSPS) is 12.0. The second kappa shape index (κ2) is 9.00. The Morgan fingerprint density at radius 2 is 2.16 bits per heavy atom. The van der Waals surface area contributed by atoms with E-state index in [2.05, 4.69) is 35.9 Å². The Morgan fingerprint density at radius 1 is 1.29 bits per heavy atom. The zero-order chi connectivity index (χ0) is 21.8. The van der Waals surface area contributed by atoms with E-state index in [0.29, 0.717) is 34.4 Å². The van der Waals surface area contributed by atoms with E-state index in [1.165, 1.54) is 6.33 Å². The summed E-state index contributed by atoms with van der Waals surface area (Å²) in [7, 11) is 1.55. The van der Waals surface area contributed by atoms with Crippen molar-refractivity contribution in [2.24, 2.45) is 0 Å². The highest BCUT2D eigenvalue weighted by molar-refractivity contribution is 6.36. The zero-order valence-corrected chi connectivity index (χ0v) is 17.7. The highest BCUT2D eigenvalue weighted by Crippen LogP contribution is 2.33. The van der Waals surface area contributed by atoms with Crippen molar-refractivity contribution < 1.29 is 9.53 Å². The number of amides is 2. The van der Waals surface area contributed by atoms with Crippen LogP contribution in [0.1, 0.15) is 18.7 Å². The fourth-order valence-electron chi connectivity index (χ4n) is 3.13. The molecule has 1 atom stereocenters. The van der Waals surface area contributed by atoms with Gasteiger partial charge in [-0.1, -0.05) is 23.7 Å². The van der Waals surface area contributed by atoms with Crippen molar-refractivity contribution in [3.8, 4) is 5.88 Å². The van der Waals surface area contributed by atoms with Gasteiger partial charge in [-0.3, -0.25) is 0 Å². The monoisotopic (exact) mass is 440 g/mol. The van der Waals surface area contributed by atoms with Gasteiger partial charge in [-0.25, -0.2) is 24.7 Å². The summed E-state index contributed by atoms with van der Waals surface area (Å²) in [5.74, 6) is 1.00. The third-order valence-corrected chi connectivity index (χ3v) is 4.98. The number of H-pyrrole nitrogens is 1. The Balaban J connectivity index is 1.61. The van der Waals surface area contributed by atoms with Crippen molar-refractivity contribution >= 4 is 45.4 Å². The summed E-state index contributed by atoms with van der Waals surface area (Å²) in [6.07, 6.45) is 3.04. The Hall–Kier alpha value is -3.66. The molecule has 4 aromatic rings. The van der Waals surface area contributed by atoms with Gasteiger partial charge in [-0.15, -0.1) is 0 Å². The molecule has 3 heterocycles. The number of aromatic amines is 1. The van der Waals surface area contributed by atoms with E-state index in [4.69, 9.17) is 21.3 Å². The van der Waals surface area contributed by atoms with Gasteiger partial charge in [0, 0.05) is 7.05 Å². The van der Waals surface area contributed by atoms with Crippen molar-refractivity contribution in [3.05, 3.63) is 47.6 Å². The van der Waals surface area contributed by atoms with E-state index in [1.807, 2.05) is 25.1 Å². The maximum atomic E-state index is 11.3. The van der Waals surface area contributed by atoms with E-state index in [1.54, 1.807) is 19.4 Å². The molecule has 3 aromatic heterocycles. The van der Waals surface area contributed by atoms with Crippen LogP contribution in [0.2, 0.25) is 5.02 Å². The number of fused-ring (bicyclic) bond motifs is 2. The molecule has 0 aliphatic rings. The van der Waals surface area contributed by atoms with E-state index in [-0.39, 0.29) is 18.7 Å². The summed E-state index contributed by atoms with van der Waals surface area (Å²) in [5, 5.41) is 10.7. The first-order chi connectivity index (χ1) is 15.1. The Labute approximate surface area is 182 Å². The number of aromatic nitrogens is 5. The third kappa shape index (κ3) is 4.43. The first-order valence-corrected chi connectivity index (χ1v) is 10.0. The standard InChI is InChI=1S/C20H21ClN8O2/c1-11(28-18-16-17(25-9-24-16)26-10-27-18)14-8-12-4-3-5-13(21)15(12)19(29-14)31-7-6-23-20(30)22-2/h3-5,8-11H,6-7H2,1-2H3,(H2,22,23,30)(H2,24,25,26,27,28)/t11-/m0/s1. The predicted molar refractivity (Wildman–Crippen MR) is 118 cm³/mol. The van der Waals surface area contributed by atoms with Gasteiger partial charge in [0.15, 0.2) is 11.5 Å². The molecule has 2 amide bonds. The van der Waals surface area contributed by atoms with Gasteiger partial charge in [0.25, 0.3) is 0 Å². The van der Waals surface area contributed by atoms with Gasteiger partial charge in [-0.05, 0) is 24.4 Å². The first kappa shape index (κ1) is 20.6. The number of hydrogen-bond donors (Lipinski definition) is 4. The molecule has 11 heteroatoms. The van der Waals surface area contributed by atoms with Crippen LogP contribution in [0.4, 0.5) is 10.6 Å². The quantitative estimate of drug-likeness (QED) is 0.325. The number of hydrogen-bond acceptors (Lipinski definition) is 7. The maximum Gasteiger partial charge on any atom is 0.314 e. The molecule has 0 saturated heterocycles. The average molecular weight is 441 g/mol. The molecular weight excluding hydrogens is 420 g/mol. The van der Waals surface area contributed by atoms with E-state index in [9.17, 15) is 4.79 Å². The lowest BCUT2D eigenvalue weighted by molar-refractivity contribution is 0.238. The molecule has 0 saturated carbocycles. The van der Waals surface area contributed by atoms with Gasteiger partial charge >= 0.3 is 6.03 Å². The van der Waals surface area contributed by atoms with Crippen LogP contribution in [0, 0.1) is 0 Å². The number of halogens is 1. The van der Waals surface area contributed by atoms with Gasteiger partial charge in [0.05, 0.1) is 35.0 Å². The van der Waals surface area contributed by atoms with Crippen molar-refractivity contribution in [3.63, 3.8) is 0 Å². The molecule has 0 spiro atoms. The second-order valence-electron chi connectivity index (χ2n) is 6.73. The lowest BCUT2D eigenvalue weighted by atomic mass is 10.1. The molecule has 31 heavy (non-hydrogen) atoms. The second-order valence-corrected chi connectivity index (χ2v) is 7.14. The minimum absolute atomic E-state index is 0.204. The summed E-state index contributed by atoms with van der Waals surface area (Å²) < 4.78 is 5.89. The Morgan fingerprint density at radius 3 is 3.00 bits per heavy atom. The van der Waals surface area contributed by atoms with Crippen LogP contribution < -0.4 is 20.7 Å². The smallest absolute Gasteiger partial charge is 0.314 e. The Kier molecular flexibility index (Phi) is 5.99. The summed E-state index contributed by atoms with van der Waals surface area (Å²) >= 11 is 6.42. The van der Waals surface area contributed by atoms with Crippen LogP contribution in [0.3, 0.4) is 0 Å². The van der Waals surface area contributed by atoms with E-state index in [0.717, 1.165) is 16.5 Å². The molecule has 0 radical (unpaired) electrons. The minimum Gasteiger partial charge on any atom is -0.475 e. The number of ether oxygens (including phenoxy) is 1. The van der Waals surface area contributed by atoms with Crippen LogP contribution in [-0.2, 0) is 0 Å². The molecule has 4 N–H and O–H groups in total. The fraction of sp³-hybridized carbons (Fsp3) is 0.250. The Bertz CT molecular complexity index is 1230. The van der Waals surface area contributed by atoms with Gasteiger partial charge in [0.1, 0.15) is 18.5 Å². The highest BCUT2D eigenvalue weighted by Gasteiger charge is 2.17. The lowest BCUT2D eigenvalue weighted by Gasteiger charge is -2.17. The number of nitrogens with zero attached hydrogens (tertiary/aromatic N) is 4. The van der Waals surface area contributed by atoms with Crippen LogP contribution >= 0.6 is 11.6 Å². The highest BCUT2D eigenvalue weighted by atomic mass is 35.5. The van der Waals surface area contributed by atoms with Crippen molar-refractivity contribution in [1.82, 2.24) is 35.6 Å². The number of rotatable bonds is 7. The van der Waals surface area contributed by atoms with Crippen molar-refractivity contribution in [1.29, 1.82) is 0 Å². The predicted octanol–water partition coefficient (Wildman–Crippen LogP) is 3.04. The van der Waals surface area contributed by atoms with Crippen molar-refractivity contribution in [2.75, 3.05) is 25.5 Å². The lowest BCUT2D eigenvalue weighted by Crippen LogP contribution is -2.35. The molecule has 0 aliphatic heterocycles. The topological polar surface area (TPSA) is 130 Å². The molecule has 4 rings (SSSR count). The molecule has 160 valence electrons. The number of anilines is 1.